The summed E-state index contributed by atoms with van der Waals surface area (Å²) < 4.78 is 5.54. The lowest BCUT2D eigenvalue weighted by Gasteiger charge is -2.21. The summed E-state index contributed by atoms with van der Waals surface area (Å²) in [7, 11) is 0. The van der Waals surface area contributed by atoms with Gasteiger partial charge in [0.2, 0.25) is 0 Å². The molecule has 0 aromatic heterocycles. The van der Waals surface area contributed by atoms with Crippen LogP contribution in [0.15, 0.2) is 24.3 Å². The highest BCUT2D eigenvalue weighted by Crippen LogP contribution is 2.36. The van der Waals surface area contributed by atoms with Crippen molar-refractivity contribution in [3.63, 3.8) is 0 Å². The highest BCUT2D eigenvalue weighted by molar-refractivity contribution is 5.89. The lowest BCUT2D eigenvalue weighted by Crippen LogP contribution is -2.24. The Kier molecular flexibility index (Phi) is 4.37. The SMILES string of the molecule is CC(C)C(CC1CC1)OC(=O)c1ccc([N+](=O)[O-])cc1. The molecule has 1 fully saturated rings. The molecular formula is C15H19NO4. The van der Waals surface area contributed by atoms with Gasteiger partial charge in [-0.05, 0) is 30.4 Å². The van der Waals surface area contributed by atoms with Crippen molar-refractivity contribution in [2.24, 2.45) is 11.8 Å². The number of carbonyl (C=O) groups is 1. The number of esters is 1. The fourth-order valence-electron chi connectivity index (χ4n) is 2.06. The van der Waals surface area contributed by atoms with Crippen molar-refractivity contribution in [2.75, 3.05) is 0 Å². The Balaban J connectivity index is 1.99. The fraction of sp³-hybridized carbons (Fsp3) is 0.533. The minimum Gasteiger partial charge on any atom is -0.459 e. The summed E-state index contributed by atoms with van der Waals surface area (Å²) in [5.41, 5.74) is 0.331. The van der Waals surface area contributed by atoms with Crippen LogP contribution in [0.3, 0.4) is 0 Å². The third kappa shape index (κ3) is 3.79. The molecule has 1 saturated carbocycles. The molecular weight excluding hydrogens is 258 g/mol. The standard InChI is InChI=1S/C15H19NO4/c1-10(2)14(9-11-3-4-11)20-15(17)12-5-7-13(8-6-12)16(18)19/h5-8,10-11,14H,3-4,9H2,1-2H3. The molecule has 0 radical (unpaired) electrons. The molecule has 0 amide bonds. The number of ether oxygens (including phenoxy) is 1. The second-order valence-electron chi connectivity index (χ2n) is 5.67. The van der Waals surface area contributed by atoms with Crippen molar-refractivity contribution < 1.29 is 14.5 Å². The monoisotopic (exact) mass is 277 g/mol. The van der Waals surface area contributed by atoms with Gasteiger partial charge in [0.1, 0.15) is 6.10 Å². The molecule has 1 aliphatic rings. The van der Waals surface area contributed by atoms with E-state index in [1.54, 1.807) is 0 Å². The van der Waals surface area contributed by atoms with E-state index in [4.69, 9.17) is 4.74 Å². The largest absolute Gasteiger partial charge is 0.459 e. The van der Waals surface area contributed by atoms with E-state index in [2.05, 4.69) is 0 Å². The van der Waals surface area contributed by atoms with E-state index in [9.17, 15) is 14.9 Å². The average molecular weight is 277 g/mol. The van der Waals surface area contributed by atoms with Gasteiger partial charge in [0.25, 0.3) is 5.69 Å². The van der Waals surface area contributed by atoms with Crippen LogP contribution in [0.1, 0.15) is 43.5 Å². The molecule has 0 saturated heterocycles. The average Bonchev–Trinajstić information content (AvgIpc) is 3.21. The summed E-state index contributed by atoms with van der Waals surface area (Å²) in [6.07, 6.45) is 3.28. The van der Waals surface area contributed by atoms with Gasteiger partial charge < -0.3 is 4.74 Å². The first-order chi connectivity index (χ1) is 9.47. The second kappa shape index (κ2) is 6.03. The van der Waals surface area contributed by atoms with Crippen LogP contribution in [-0.2, 0) is 4.74 Å². The molecule has 0 N–H and O–H groups in total. The normalized spacial score (nSPS) is 15.9. The van der Waals surface area contributed by atoms with Crippen LogP contribution in [0.2, 0.25) is 0 Å². The molecule has 108 valence electrons. The van der Waals surface area contributed by atoms with Crippen LogP contribution in [0.4, 0.5) is 5.69 Å². The van der Waals surface area contributed by atoms with Gasteiger partial charge in [-0.15, -0.1) is 0 Å². The number of nitro groups is 1. The minimum atomic E-state index is -0.487. The molecule has 1 aromatic carbocycles. The molecule has 0 heterocycles. The van der Waals surface area contributed by atoms with Gasteiger partial charge in [-0.1, -0.05) is 26.7 Å². The topological polar surface area (TPSA) is 69.4 Å². The van der Waals surface area contributed by atoms with Gasteiger partial charge in [-0.25, -0.2) is 4.79 Å². The van der Waals surface area contributed by atoms with Gasteiger partial charge in [0.05, 0.1) is 10.5 Å². The number of hydrogen-bond acceptors (Lipinski definition) is 4. The highest BCUT2D eigenvalue weighted by Gasteiger charge is 2.29. The molecule has 2 rings (SSSR count). The summed E-state index contributed by atoms with van der Waals surface area (Å²) in [5, 5.41) is 10.6. The quantitative estimate of drug-likeness (QED) is 0.452. The number of benzene rings is 1. The summed E-state index contributed by atoms with van der Waals surface area (Å²) in [6.45, 7) is 4.08. The number of rotatable bonds is 6. The Labute approximate surface area is 118 Å². The summed E-state index contributed by atoms with van der Waals surface area (Å²) in [4.78, 5) is 22.1. The number of carbonyl (C=O) groups excluding carboxylic acids is 1. The zero-order valence-electron chi connectivity index (χ0n) is 11.7. The summed E-state index contributed by atoms with van der Waals surface area (Å²) in [6, 6.07) is 5.52. The number of nitro benzene ring substituents is 1. The van der Waals surface area contributed by atoms with Crippen LogP contribution in [0, 0.1) is 22.0 Å². The van der Waals surface area contributed by atoms with Crippen molar-refractivity contribution >= 4 is 11.7 Å². The molecule has 1 unspecified atom stereocenters. The van der Waals surface area contributed by atoms with Crippen LogP contribution in [0.5, 0.6) is 0 Å². The predicted molar refractivity (Wildman–Crippen MR) is 74.5 cm³/mol. The van der Waals surface area contributed by atoms with Crippen LogP contribution in [-0.4, -0.2) is 17.0 Å². The van der Waals surface area contributed by atoms with E-state index in [1.165, 1.54) is 37.1 Å². The summed E-state index contributed by atoms with van der Waals surface area (Å²) in [5.74, 6) is 0.559. The highest BCUT2D eigenvalue weighted by atomic mass is 16.6. The molecule has 1 atom stereocenters. The van der Waals surface area contributed by atoms with E-state index >= 15 is 0 Å². The molecule has 5 heteroatoms. The Hall–Kier alpha value is -1.91. The maximum absolute atomic E-state index is 12.1. The van der Waals surface area contributed by atoms with Crippen molar-refractivity contribution in [1.82, 2.24) is 0 Å². The Morgan fingerprint density at radius 2 is 1.95 bits per heavy atom. The zero-order valence-corrected chi connectivity index (χ0v) is 11.7. The van der Waals surface area contributed by atoms with E-state index in [0.29, 0.717) is 11.5 Å². The third-order valence-electron chi connectivity index (χ3n) is 3.58. The lowest BCUT2D eigenvalue weighted by molar-refractivity contribution is -0.384. The maximum atomic E-state index is 12.1. The molecule has 1 aromatic rings. The first-order valence-corrected chi connectivity index (χ1v) is 6.93. The lowest BCUT2D eigenvalue weighted by atomic mass is 10.0. The molecule has 0 aliphatic heterocycles. The van der Waals surface area contributed by atoms with Crippen molar-refractivity contribution in [3.05, 3.63) is 39.9 Å². The molecule has 5 nitrogen and oxygen atoms in total. The first kappa shape index (κ1) is 14.5. The van der Waals surface area contributed by atoms with Crippen molar-refractivity contribution in [1.29, 1.82) is 0 Å². The van der Waals surface area contributed by atoms with E-state index in [0.717, 1.165) is 6.42 Å². The Bertz CT molecular complexity index is 491. The molecule has 20 heavy (non-hydrogen) atoms. The number of non-ortho nitro benzene ring substituents is 1. The van der Waals surface area contributed by atoms with Gasteiger partial charge >= 0.3 is 5.97 Å². The summed E-state index contributed by atoms with van der Waals surface area (Å²) >= 11 is 0. The first-order valence-electron chi connectivity index (χ1n) is 6.93. The maximum Gasteiger partial charge on any atom is 0.338 e. The Morgan fingerprint density at radius 3 is 2.40 bits per heavy atom. The van der Waals surface area contributed by atoms with Crippen molar-refractivity contribution in [3.8, 4) is 0 Å². The van der Waals surface area contributed by atoms with E-state index in [1.807, 2.05) is 13.8 Å². The van der Waals surface area contributed by atoms with Crippen molar-refractivity contribution in [2.45, 2.75) is 39.2 Å². The fourth-order valence-corrected chi connectivity index (χ4v) is 2.06. The number of nitrogens with zero attached hydrogens (tertiary/aromatic N) is 1. The smallest absolute Gasteiger partial charge is 0.338 e. The molecule has 0 spiro atoms. The van der Waals surface area contributed by atoms with Crippen LogP contribution >= 0.6 is 0 Å². The minimum absolute atomic E-state index is 0.0278. The zero-order chi connectivity index (χ0) is 14.7. The second-order valence-corrected chi connectivity index (χ2v) is 5.67. The van der Waals surface area contributed by atoms with Crippen LogP contribution < -0.4 is 0 Å². The molecule has 0 bridgehead atoms. The van der Waals surface area contributed by atoms with Gasteiger partial charge in [0.15, 0.2) is 0 Å². The van der Waals surface area contributed by atoms with Gasteiger partial charge in [0, 0.05) is 12.1 Å². The van der Waals surface area contributed by atoms with E-state index in [-0.39, 0.29) is 17.7 Å². The van der Waals surface area contributed by atoms with Crippen LogP contribution in [0.25, 0.3) is 0 Å². The predicted octanol–water partition coefficient (Wildman–Crippen LogP) is 3.58. The number of hydrogen-bond donors (Lipinski definition) is 0. The molecule has 1 aliphatic carbocycles. The third-order valence-corrected chi connectivity index (χ3v) is 3.58. The van der Waals surface area contributed by atoms with E-state index < -0.39 is 10.9 Å². The Morgan fingerprint density at radius 1 is 1.35 bits per heavy atom. The van der Waals surface area contributed by atoms with Gasteiger partial charge in [-0.3, -0.25) is 10.1 Å². The van der Waals surface area contributed by atoms with Gasteiger partial charge in [-0.2, -0.15) is 0 Å².